The number of H-pyrrole nitrogens is 1. The maximum Gasteiger partial charge on any atom is 0.180 e. The summed E-state index contributed by atoms with van der Waals surface area (Å²) in [4.78, 5) is 6.42. The SMILES string of the molecule is COCC(O)CN1CCOC(c2n[nH]c(C)n2)C1. The topological polar surface area (TPSA) is 83.5 Å². The Morgan fingerprint density at radius 2 is 2.50 bits per heavy atom. The number of β-amino-alcohol motifs (C(OH)–C–C–N with tert-alkyl or cyclic N) is 1. The average molecular weight is 256 g/mol. The van der Waals surface area contributed by atoms with Gasteiger partial charge in [-0.3, -0.25) is 10.00 Å². The fraction of sp³-hybridized carbons (Fsp3) is 0.818. The second kappa shape index (κ2) is 6.24. The Bertz CT molecular complexity index is 371. The van der Waals surface area contributed by atoms with Gasteiger partial charge in [0.25, 0.3) is 0 Å². The minimum atomic E-state index is -0.470. The predicted molar refractivity (Wildman–Crippen MR) is 64.1 cm³/mol. The Morgan fingerprint density at radius 3 is 3.17 bits per heavy atom. The predicted octanol–water partition coefficient (Wildman–Crippen LogP) is -0.506. The first-order valence-corrected chi connectivity index (χ1v) is 6.09. The van der Waals surface area contributed by atoms with Crippen molar-refractivity contribution in [3.63, 3.8) is 0 Å². The third kappa shape index (κ3) is 3.49. The lowest BCUT2D eigenvalue weighted by atomic mass is 10.2. The molecule has 0 aromatic carbocycles. The van der Waals surface area contributed by atoms with Crippen LogP contribution in [0.15, 0.2) is 0 Å². The lowest BCUT2D eigenvalue weighted by Gasteiger charge is -2.32. The summed E-state index contributed by atoms with van der Waals surface area (Å²) in [7, 11) is 1.59. The van der Waals surface area contributed by atoms with Gasteiger partial charge in [0.15, 0.2) is 5.82 Å². The summed E-state index contributed by atoms with van der Waals surface area (Å²) in [6.07, 6.45) is -0.596. The molecule has 7 heteroatoms. The Balaban J connectivity index is 1.88. The number of aliphatic hydroxyl groups excluding tert-OH is 1. The fourth-order valence-electron chi connectivity index (χ4n) is 2.07. The average Bonchev–Trinajstić information content (AvgIpc) is 2.76. The van der Waals surface area contributed by atoms with Gasteiger partial charge in [0.2, 0.25) is 0 Å². The molecule has 2 rings (SSSR count). The van der Waals surface area contributed by atoms with Crippen LogP contribution >= 0.6 is 0 Å². The third-order valence-electron chi connectivity index (χ3n) is 2.88. The zero-order chi connectivity index (χ0) is 13.0. The third-order valence-corrected chi connectivity index (χ3v) is 2.88. The van der Waals surface area contributed by atoms with E-state index in [1.165, 1.54) is 0 Å². The van der Waals surface area contributed by atoms with Crippen molar-refractivity contribution in [2.24, 2.45) is 0 Å². The molecular formula is C11H20N4O3. The van der Waals surface area contributed by atoms with E-state index < -0.39 is 6.10 Å². The van der Waals surface area contributed by atoms with Crippen molar-refractivity contribution in [1.29, 1.82) is 0 Å². The molecular weight excluding hydrogens is 236 g/mol. The molecule has 1 saturated heterocycles. The van der Waals surface area contributed by atoms with E-state index in [4.69, 9.17) is 9.47 Å². The van der Waals surface area contributed by atoms with Gasteiger partial charge in [-0.1, -0.05) is 0 Å². The maximum atomic E-state index is 9.72. The van der Waals surface area contributed by atoms with Crippen molar-refractivity contribution in [1.82, 2.24) is 20.1 Å². The van der Waals surface area contributed by atoms with Gasteiger partial charge < -0.3 is 14.6 Å². The largest absolute Gasteiger partial charge is 0.389 e. The van der Waals surface area contributed by atoms with E-state index in [0.717, 1.165) is 12.4 Å². The van der Waals surface area contributed by atoms with E-state index in [1.54, 1.807) is 7.11 Å². The summed E-state index contributed by atoms with van der Waals surface area (Å²) in [5, 5.41) is 16.6. The van der Waals surface area contributed by atoms with E-state index >= 15 is 0 Å². The minimum Gasteiger partial charge on any atom is -0.389 e. The molecule has 1 fully saturated rings. The van der Waals surface area contributed by atoms with E-state index in [1.807, 2.05) is 6.92 Å². The molecule has 0 amide bonds. The summed E-state index contributed by atoms with van der Waals surface area (Å²) < 4.78 is 10.6. The van der Waals surface area contributed by atoms with Crippen molar-refractivity contribution < 1.29 is 14.6 Å². The molecule has 0 bridgehead atoms. The maximum absolute atomic E-state index is 9.72. The first kappa shape index (κ1) is 13.4. The molecule has 0 saturated carbocycles. The second-order valence-corrected chi connectivity index (χ2v) is 4.51. The molecule has 0 radical (unpaired) electrons. The Morgan fingerprint density at radius 1 is 1.67 bits per heavy atom. The van der Waals surface area contributed by atoms with Crippen LogP contribution < -0.4 is 0 Å². The number of hydrogen-bond donors (Lipinski definition) is 2. The number of hydrogen-bond acceptors (Lipinski definition) is 6. The molecule has 18 heavy (non-hydrogen) atoms. The first-order chi connectivity index (χ1) is 8.69. The van der Waals surface area contributed by atoms with Crippen LogP contribution in [0, 0.1) is 6.92 Å². The highest BCUT2D eigenvalue weighted by Gasteiger charge is 2.26. The molecule has 102 valence electrons. The normalized spacial score (nSPS) is 23.2. The molecule has 2 heterocycles. The van der Waals surface area contributed by atoms with Gasteiger partial charge in [0.05, 0.1) is 19.3 Å². The summed E-state index contributed by atoms with van der Waals surface area (Å²) >= 11 is 0. The molecule has 2 atom stereocenters. The van der Waals surface area contributed by atoms with Gasteiger partial charge in [0, 0.05) is 26.7 Å². The Kier molecular flexibility index (Phi) is 4.65. The van der Waals surface area contributed by atoms with Gasteiger partial charge in [-0.25, -0.2) is 4.98 Å². The van der Waals surface area contributed by atoms with E-state index in [9.17, 15) is 5.11 Å². The van der Waals surface area contributed by atoms with Crippen LogP contribution in [0.1, 0.15) is 17.8 Å². The molecule has 7 nitrogen and oxygen atoms in total. The Hall–Kier alpha value is -1.02. The number of aromatic amines is 1. The highest BCUT2D eigenvalue weighted by atomic mass is 16.5. The number of nitrogens with zero attached hydrogens (tertiary/aromatic N) is 3. The number of aryl methyl sites for hydroxylation is 1. The van der Waals surface area contributed by atoms with Crippen molar-refractivity contribution in [2.75, 3.05) is 40.0 Å². The number of aliphatic hydroxyl groups is 1. The van der Waals surface area contributed by atoms with Gasteiger partial charge >= 0.3 is 0 Å². The van der Waals surface area contributed by atoms with Crippen molar-refractivity contribution >= 4 is 0 Å². The van der Waals surface area contributed by atoms with Crippen molar-refractivity contribution in [3.8, 4) is 0 Å². The van der Waals surface area contributed by atoms with Crippen LogP contribution in [0.3, 0.4) is 0 Å². The van der Waals surface area contributed by atoms with Gasteiger partial charge in [-0.05, 0) is 6.92 Å². The summed E-state index contributed by atoms with van der Waals surface area (Å²) in [5.74, 6) is 1.46. The number of methoxy groups -OCH3 is 1. The van der Waals surface area contributed by atoms with Crippen LogP contribution in [0.2, 0.25) is 0 Å². The molecule has 1 aliphatic heterocycles. The van der Waals surface area contributed by atoms with Gasteiger partial charge in [-0.15, -0.1) is 0 Å². The molecule has 2 unspecified atom stereocenters. The standard InChI is InChI=1S/C11H20N4O3/c1-8-12-11(14-13-8)10-6-15(3-4-18-10)5-9(16)7-17-2/h9-10,16H,3-7H2,1-2H3,(H,12,13,14). The number of ether oxygens (including phenoxy) is 2. The number of morpholine rings is 1. The van der Waals surface area contributed by atoms with Gasteiger partial charge in [-0.2, -0.15) is 5.10 Å². The van der Waals surface area contributed by atoms with E-state index in [0.29, 0.717) is 32.1 Å². The molecule has 1 aliphatic rings. The first-order valence-electron chi connectivity index (χ1n) is 6.09. The lowest BCUT2D eigenvalue weighted by molar-refractivity contribution is -0.0526. The molecule has 1 aromatic rings. The number of rotatable bonds is 5. The van der Waals surface area contributed by atoms with Crippen molar-refractivity contribution in [3.05, 3.63) is 11.6 Å². The van der Waals surface area contributed by atoms with Crippen LogP contribution in [0.5, 0.6) is 0 Å². The quantitative estimate of drug-likeness (QED) is 0.738. The lowest BCUT2D eigenvalue weighted by Crippen LogP contribution is -2.43. The molecule has 2 N–H and O–H groups in total. The molecule has 0 aliphatic carbocycles. The highest BCUT2D eigenvalue weighted by molar-refractivity contribution is 4.95. The molecule has 1 aromatic heterocycles. The molecule has 0 spiro atoms. The monoisotopic (exact) mass is 256 g/mol. The van der Waals surface area contributed by atoms with E-state index in [2.05, 4.69) is 20.1 Å². The zero-order valence-electron chi connectivity index (χ0n) is 10.8. The van der Waals surface area contributed by atoms with Crippen LogP contribution in [0.4, 0.5) is 0 Å². The summed E-state index contributed by atoms with van der Waals surface area (Å²) in [6, 6.07) is 0. The minimum absolute atomic E-state index is 0.126. The summed E-state index contributed by atoms with van der Waals surface area (Å²) in [6.45, 7) is 4.91. The Labute approximate surface area is 106 Å². The van der Waals surface area contributed by atoms with Crippen LogP contribution in [-0.4, -0.2) is 71.2 Å². The summed E-state index contributed by atoms with van der Waals surface area (Å²) in [5.41, 5.74) is 0. The number of aromatic nitrogens is 3. The van der Waals surface area contributed by atoms with Gasteiger partial charge in [0.1, 0.15) is 11.9 Å². The van der Waals surface area contributed by atoms with Crippen LogP contribution in [0.25, 0.3) is 0 Å². The highest BCUT2D eigenvalue weighted by Crippen LogP contribution is 2.18. The number of nitrogens with one attached hydrogen (secondary N) is 1. The fourth-order valence-corrected chi connectivity index (χ4v) is 2.07. The van der Waals surface area contributed by atoms with Crippen molar-refractivity contribution in [2.45, 2.75) is 19.1 Å². The zero-order valence-corrected chi connectivity index (χ0v) is 10.8. The smallest absolute Gasteiger partial charge is 0.180 e. The second-order valence-electron chi connectivity index (χ2n) is 4.51. The van der Waals surface area contributed by atoms with Crippen LogP contribution in [-0.2, 0) is 9.47 Å². The van der Waals surface area contributed by atoms with E-state index in [-0.39, 0.29) is 6.10 Å².